The molecule has 4 nitrogen and oxygen atoms in total. The minimum atomic E-state index is -0.0824. The largest absolute Gasteiger partial charge is 0.342 e. The summed E-state index contributed by atoms with van der Waals surface area (Å²) in [5.41, 5.74) is 3.33. The molecule has 2 heterocycles. The van der Waals surface area contributed by atoms with E-state index >= 15 is 0 Å². The van der Waals surface area contributed by atoms with Gasteiger partial charge in [-0.25, -0.2) is 4.79 Å². The summed E-state index contributed by atoms with van der Waals surface area (Å²) in [4.78, 5) is 14.6. The van der Waals surface area contributed by atoms with E-state index in [0.717, 1.165) is 33.6 Å². The minimum Gasteiger partial charge on any atom is -0.342 e. The maximum Gasteiger partial charge on any atom is 0.325 e. The average molecular weight is 331 g/mol. The Morgan fingerprint density at radius 3 is 2.48 bits per heavy atom. The first kappa shape index (κ1) is 15.5. The number of aromatic nitrogens is 1. The molecule has 0 fully saturated rings. The maximum absolute atomic E-state index is 12.8. The van der Waals surface area contributed by atoms with Gasteiger partial charge >= 0.3 is 6.03 Å². The van der Waals surface area contributed by atoms with Gasteiger partial charge in [-0.2, -0.15) is 0 Å². The minimum absolute atomic E-state index is 0.0824. The van der Waals surface area contributed by atoms with Crippen molar-refractivity contribution in [3.8, 4) is 0 Å². The van der Waals surface area contributed by atoms with E-state index in [9.17, 15) is 4.79 Å². The molecule has 0 saturated heterocycles. The van der Waals surface area contributed by atoms with Crippen molar-refractivity contribution < 1.29 is 4.79 Å². The average Bonchev–Trinajstić information content (AvgIpc) is 2.84. The third-order valence-electron chi connectivity index (χ3n) is 4.85. The zero-order valence-electron chi connectivity index (χ0n) is 14.5. The number of urea groups is 1. The number of carbonyl (C=O) groups is 1. The van der Waals surface area contributed by atoms with Crippen molar-refractivity contribution >= 4 is 28.8 Å². The Morgan fingerprint density at radius 1 is 1.00 bits per heavy atom. The van der Waals surface area contributed by atoms with Gasteiger partial charge in [-0.3, -0.25) is 4.90 Å². The molecule has 4 heteroatoms. The second-order valence-corrected chi connectivity index (χ2v) is 6.30. The monoisotopic (exact) mass is 331 g/mol. The standard InChI is InChI=1S/C21H21N3O/c1-3-18-20-17(16-11-7-8-12-19(16)23(20)2)13-22-21(25)24(18)14-15-9-5-4-6-10-15/h4-13H,3,14H2,1-2H3,(H,22,25). The summed E-state index contributed by atoms with van der Waals surface area (Å²) in [6, 6.07) is 18.3. The fraction of sp³-hybridized carbons (Fsp3) is 0.190. The smallest absolute Gasteiger partial charge is 0.325 e. The van der Waals surface area contributed by atoms with Crippen LogP contribution >= 0.6 is 0 Å². The van der Waals surface area contributed by atoms with E-state index in [2.05, 4.69) is 48.1 Å². The zero-order chi connectivity index (χ0) is 17.4. The van der Waals surface area contributed by atoms with Crippen molar-refractivity contribution in [2.24, 2.45) is 7.05 Å². The summed E-state index contributed by atoms with van der Waals surface area (Å²) in [7, 11) is 2.07. The predicted molar refractivity (Wildman–Crippen MR) is 101 cm³/mol. The van der Waals surface area contributed by atoms with E-state index in [4.69, 9.17) is 0 Å². The number of para-hydroxylation sites is 1. The zero-order valence-corrected chi connectivity index (χ0v) is 14.5. The quantitative estimate of drug-likeness (QED) is 0.787. The number of carbonyl (C=O) groups excluding carboxylic acids is 1. The first-order valence-corrected chi connectivity index (χ1v) is 8.59. The van der Waals surface area contributed by atoms with Crippen LogP contribution in [0.5, 0.6) is 0 Å². The number of amides is 2. The lowest BCUT2D eigenvalue weighted by molar-refractivity contribution is 0.220. The number of hydrogen-bond donors (Lipinski definition) is 1. The molecule has 126 valence electrons. The first-order chi connectivity index (χ1) is 12.2. The van der Waals surface area contributed by atoms with Crippen LogP contribution in [-0.2, 0) is 13.6 Å². The fourth-order valence-electron chi connectivity index (χ4n) is 3.67. The second kappa shape index (κ2) is 6.13. The molecule has 0 unspecified atom stereocenters. The first-order valence-electron chi connectivity index (χ1n) is 8.59. The van der Waals surface area contributed by atoms with Gasteiger partial charge in [0.05, 0.1) is 11.9 Å². The van der Waals surface area contributed by atoms with E-state index in [1.54, 1.807) is 0 Å². The SMILES string of the molecule is CCC1=c2c(c3ccccc3n2C)=CNC(=O)N1Cc1ccccc1. The van der Waals surface area contributed by atoms with Crippen LogP contribution in [0.1, 0.15) is 18.9 Å². The number of aryl methyl sites for hydroxylation is 1. The molecule has 25 heavy (non-hydrogen) atoms. The van der Waals surface area contributed by atoms with Gasteiger partial charge in [-0.15, -0.1) is 0 Å². The number of rotatable bonds is 3. The predicted octanol–water partition coefficient (Wildman–Crippen LogP) is 2.66. The van der Waals surface area contributed by atoms with Crippen molar-refractivity contribution in [2.45, 2.75) is 19.9 Å². The highest BCUT2D eigenvalue weighted by atomic mass is 16.2. The highest BCUT2D eigenvalue weighted by Gasteiger charge is 2.22. The molecule has 0 atom stereocenters. The molecular weight excluding hydrogens is 310 g/mol. The Balaban J connectivity index is 1.99. The number of benzene rings is 2. The Morgan fingerprint density at radius 2 is 1.72 bits per heavy atom. The number of fused-ring (bicyclic) bond motifs is 3. The van der Waals surface area contributed by atoms with Crippen LogP contribution in [0.3, 0.4) is 0 Å². The summed E-state index contributed by atoms with van der Waals surface area (Å²) < 4.78 is 2.19. The lowest BCUT2D eigenvalue weighted by Gasteiger charge is -2.24. The molecule has 0 spiro atoms. The normalized spacial score (nSPS) is 14.1. The van der Waals surface area contributed by atoms with Gasteiger partial charge in [0.1, 0.15) is 0 Å². The van der Waals surface area contributed by atoms with Crippen molar-refractivity contribution in [3.05, 3.63) is 70.7 Å². The lowest BCUT2D eigenvalue weighted by Crippen LogP contribution is -2.38. The van der Waals surface area contributed by atoms with Crippen LogP contribution in [0.15, 0.2) is 54.6 Å². The van der Waals surface area contributed by atoms with E-state index < -0.39 is 0 Å². The Kier molecular flexibility index (Phi) is 3.80. The molecule has 4 rings (SSSR count). The Bertz CT molecular complexity index is 1060. The van der Waals surface area contributed by atoms with Gasteiger partial charge in [0.15, 0.2) is 0 Å². The molecule has 0 bridgehead atoms. The van der Waals surface area contributed by atoms with Crippen LogP contribution in [0.25, 0.3) is 22.8 Å². The number of nitrogens with zero attached hydrogens (tertiary/aromatic N) is 2. The van der Waals surface area contributed by atoms with Crippen LogP contribution < -0.4 is 15.9 Å². The van der Waals surface area contributed by atoms with E-state index in [0.29, 0.717) is 6.54 Å². The molecule has 1 aliphatic rings. The van der Waals surface area contributed by atoms with Crippen LogP contribution in [0.4, 0.5) is 4.79 Å². The van der Waals surface area contributed by atoms with Crippen LogP contribution in [0, 0.1) is 0 Å². The lowest BCUT2D eigenvalue weighted by atomic mass is 10.2. The van der Waals surface area contributed by atoms with E-state index in [-0.39, 0.29) is 6.03 Å². The van der Waals surface area contributed by atoms with E-state index in [1.165, 1.54) is 5.52 Å². The molecule has 0 aliphatic carbocycles. The summed E-state index contributed by atoms with van der Waals surface area (Å²) in [5, 5.41) is 6.32. The summed E-state index contributed by atoms with van der Waals surface area (Å²) in [5.74, 6) is 0. The second-order valence-electron chi connectivity index (χ2n) is 6.30. The van der Waals surface area contributed by atoms with Gasteiger partial charge in [-0.05, 0) is 18.1 Å². The number of hydrogen-bond acceptors (Lipinski definition) is 1. The summed E-state index contributed by atoms with van der Waals surface area (Å²) in [6.07, 6.45) is 2.63. The highest BCUT2D eigenvalue weighted by molar-refractivity contribution is 5.89. The molecule has 1 aromatic heterocycles. The molecule has 2 aromatic carbocycles. The molecule has 0 radical (unpaired) electrons. The number of nitrogens with one attached hydrogen (secondary N) is 1. The van der Waals surface area contributed by atoms with Crippen molar-refractivity contribution in [3.63, 3.8) is 0 Å². The topological polar surface area (TPSA) is 37.3 Å². The molecule has 0 saturated carbocycles. The van der Waals surface area contributed by atoms with Crippen LogP contribution in [0.2, 0.25) is 0 Å². The Hall–Kier alpha value is -3.01. The molecule has 2 amide bonds. The van der Waals surface area contributed by atoms with Gasteiger partial charge < -0.3 is 9.88 Å². The van der Waals surface area contributed by atoms with Crippen molar-refractivity contribution in [1.82, 2.24) is 14.8 Å². The van der Waals surface area contributed by atoms with Gasteiger partial charge in [0.2, 0.25) is 0 Å². The molecule has 1 N–H and O–H groups in total. The Labute approximate surface area is 146 Å². The molecular formula is C21H21N3O. The van der Waals surface area contributed by atoms with Gasteiger partial charge in [0.25, 0.3) is 0 Å². The molecule has 1 aliphatic heterocycles. The van der Waals surface area contributed by atoms with Gasteiger partial charge in [0, 0.05) is 35.1 Å². The molecule has 3 aromatic rings. The maximum atomic E-state index is 12.8. The van der Waals surface area contributed by atoms with E-state index in [1.807, 2.05) is 41.4 Å². The van der Waals surface area contributed by atoms with Gasteiger partial charge in [-0.1, -0.05) is 55.5 Å². The fourth-order valence-corrected chi connectivity index (χ4v) is 3.67. The third kappa shape index (κ3) is 2.50. The van der Waals surface area contributed by atoms with Crippen LogP contribution in [-0.4, -0.2) is 15.5 Å². The highest BCUT2D eigenvalue weighted by Crippen LogP contribution is 2.17. The third-order valence-corrected chi connectivity index (χ3v) is 4.85. The van der Waals surface area contributed by atoms with Crippen molar-refractivity contribution in [1.29, 1.82) is 0 Å². The summed E-state index contributed by atoms with van der Waals surface area (Å²) >= 11 is 0. The van der Waals surface area contributed by atoms with Crippen molar-refractivity contribution in [2.75, 3.05) is 0 Å². The summed E-state index contributed by atoms with van der Waals surface area (Å²) in [6.45, 7) is 2.66.